The average molecular weight is 279 g/mol. The second-order valence-electron chi connectivity index (χ2n) is 4.51. The predicted octanol–water partition coefficient (Wildman–Crippen LogP) is 1.42. The first-order valence-electron chi connectivity index (χ1n) is 6.15. The summed E-state index contributed by atoms with van der Waals surface area (Å²) in [6, 6.07) is 9.38. The Morgan fingerprint density at radius 3 is 2.74 bits per heavy atom. The standard InChI is InChI=1S/C13H17N3O2S/c14-13(16-18)12(9-6-7-9)15-11(17)8-19-10-4-2-1-3-5-10/h1-5,9,12,18H,6-8H2,(H2,14,16)(H,15,17). The van der Waals surface area contributed by atoms with E-state index < -0.39 is 0 Å². The van der Waals surface area contributed by atoms with Crippen LogP contribution >= 0.6 is 11.8 Å². The SMILES string of the molecule is NC(=NO)C(NC(=O)CSc1ccccc1)C1CC1. The van der Waals surface area contributed by atoms with Crippen LogP contribution in [0.2, 0.25) is 0 Å². The molecule has 1 unspecified atom stereocenters. The van der Waals surface area contributed by atoms with Crippen LogP contribution in [-0.4, -0.2) is 28.7 Å². The molecule has 0 bridgehead atoms. The summed E-state index contributed by atoms with van der Waals surface area (Å²) in [5.41, 5.74) is 5.59. The van der Waals surface area contributed by atoms with Gasteiger partial charge in [0, 0.05) is 4.90 Å². The third kappa shape index (κ3) is 4.17. The molecule has 1 aromatic rings. The van der Waals surface area contributed by atoms with Gasteiger partial charge in [-0.05, 0) is 30.9 Å². The maximum absolute atomic E-state index is 11.9. The number of oxime groups is 1. The van der Waals surface area contributed by atoms with Gasteiger partial charge in [0.1, 0.15) is 0 Å². The van der Waals surface area contributed by atoms with Gasteiger partial charge in [-0.3, -0.25) is 4.79 Å². The van der Waals surface area contributed by atoms with Crippen LogP contribution < -0.4 is 11.1 Å². The topological polar surface area (TPSA) is 87.7 Å². The first kappa shape index (κ1) is 13.7. The van der Waals surface area contributed by atoms with E-state index >= 15 is 0 Å². The second kappa shape index (κ2) is 6.47. The third-order valence-electron chi connectivity index (χ3n) is 2.96. The number of hydrogen-bond donors (Lipinski definition) is 3. The first-order chi connectivity index (χ1) is 9.20. The number of amides is 1. The minimum atomic E-state index is -0.339. The first-order valence-corrected chi connectivity index (χ1v) is 7.14. The largest absolute Gasteiger partial charge is 0.409 e. The number of rotatable bonds is 6. The van der Waals surface area contributed by atoms with E-state index in [9.17, 15) is 4.79 Å². The van der Waals surface area contributed by atoms with E-state index in [4.69, 9.17) is 10.9 Å². The van der Waals surface area contributed by atoms with Gasteiger partial charge in [-0.15, -0.1) is 11.8 Å². The molecule has 1 fully saturated rings. The molecule has 4 N–H and O–H groups in total. The van der Waals surface area contributed by atoms with Gasteiger partial charge >= 0.3 is 0 Å². The Kier molecular flexibility index (Phi) is 4.68. The number of nitrogens with two attached hydrogens (primary N) is 1. The number of nitrogens with zero attached hydrogens (tertiary/aromatic N) is 1. The molecule has 1 atom stereocenters. The van der Waals surface area contributed by atoms with E-state index in [0.29, 0.717) is 11.7 Å². The summed E-state index contributed by atoms with van der Waals surface area (Å²) in [6.07, 6.45) is 2.01. The Morgan fingerprint density at radius 1 is 1.47 bits per heavy atom. The van der Waals surface area contributed by atoms with Crippen molar-refractivity contribution in [1.82, 2.24) is 5.32 Å². The van der Waals surface area contributed by atoms with Crippen molar-refractivity contribution in [3.8, 4) is 0 Å². The molecule has 5 nitrogen and oxygen atoms in total. The molecule has 0 spiro atoms. The third-order valence-corrected chi connectivity index (χ3v) is 3.97. The smallest absolute Gasteiger partial charge is 0.230 e. The Balaban J connectivity index is 1.83. The summed E-state index contributed by atoms with van der Waals surface area (Å²) in [4.78, 5) is 12.9. The van der Waals surface area contributed by atoms with Crippen LogP contribution in [-0.2, 0) is 4.79 Å². The van der Waals surface area contributed by atoms with Crippen LogP contribution in [0.4, 0.5) is 0 Å². The van der Waals surface area contributed by atoms with Gasteiger partial charge in [0.15, 0.2) is 5.84 Å². The lowest BCUT2D eigenvalue weighted by Crippen LogP contribution is -2.46. The normalized spacial score (nSPS) is 16.9. The van der Waals surface area contributed by atoms with E-state index in [1.54, 1.807) is 0 Å². The van der Waals surface area contributed by atoms with Crippen LogP contribution in [0.1, 0.15) is 12.8 Å². The van der Waals surface area contributed by atoms with Gasteiger partial charge in [-0.25, -0.2) is 0 Å². The molecule has 102 valence electrons. The van der Waals surface area contributed by atoms with E-state index in [0.717, 1.165) is 17.7 Å². The number of thioether (sulfide) groups is 1. The van der Waals surface area contributed by atoms with Crippen molar-refractivity contribution in [1.29, 1.82) is 0 Å². The Morgan fingerprint density at radius 2 is 2.16 bits per heavy atom. The summed E-state index contributed by atoms with van der Waals surface area (Å²) in [7, 11) is 0. The fourth-order valence-electron chi connectivity index (χ4n) is 1.81. The Labute approximate surface area is 116 Å². The molecule has 19 heavy (non-hydrogen) atoms. The molecule has 0 aromatic heterocycles. The quantitative estimate of drug-likeness (QED) is 0.242. The molecule has 1 aliphatic carbocycles. The lowest BCUT2D eigenvalue weighted by Gasteiger charge is -2.16. The molecular formula is C13H17N3O2S. The molecule has 0 radical (unpaired) electrons. The van der Waals surface area contributed by atoms with E-state index in [2.05, 4.69) is 10.5 Å². The van der Waals surface area contributed by atoms with Gasteiger partial charge in [-0.1, -0.05) is 23.4 Å². The molecule has 6 heteroatoms. The van der Waals surface area contributed by atoms with Crippen LogP contribution in [0.15, 0.2) is 40.4 Å². The molecular weight excluding hydrogens is 262 g/mol. The van der Waals surface area contributed by atoms with Gasteiger partial charge in [0.2, 0.25) is 5.91 Å². The van der Waals surface area contributed by atoms with E-state index in [1.807, 2.05) is 30.3 Å². The second-order valence-corrected chi connectivity index (χ2v) is 5.56. The summed E-state index contributed by atoms with van der Waals surface area (Å²) in [6.45, 7) is 0. The van der Waals surface area contributed by atoms with Crippen molar-refractivity contribution >= 4 is 23.5 Å². The highest BCUT2D eigenvalue weighted by molar-refractivity contribution is 8.00. The zero-order chi connectivity index (χ0) is 13.7. The van der Waals surface area contributed by atoms with Gasteiger partial charge < -0.3 is 16.3 Å². The number of carbonyl (C=O) groups is 1. The van der Waals surface area contributed by atoms with Crippen molar-refractivity contribution in [2.24, 2.45) is 16.8 Å². The lowest BCUT2D eigenvalue weighted by atomic mass is 10.1. The molecule has 0 saturated heterocycles. The molecule has 1 aliphatic rings. The Bertz CT molecular complexity index is 460. The number of carbonyl (C=O) groups excluding carboxylic acids is 1. The zero-order valence-corrected chi connectivity index (χ0v) is 11.3. The maximum atomic E-state index is 11.9. The number of benzene rings is 1. The van der Waals surface area contributed by atoms with Crippen molar-refractivity contribution in [2.75, 3.05) is 5.75 Å². The highest BCUT2D eigenvalue weighted by Gasteiger charge is 2.35. The molecule has 1 aromatic carbocycles. The monoisotopic (exact) mass is 279 g/mol. The zero-order valence-electron chi connectivity index (χ0n) is 10.5. The van der Waals surface area contributed by atoms with Crippen molar-refractivity contribution in [3.63, 3.8) is 0 Å². The highest BCUT2D eigenvalue weighted by atomic mass is 32.2. The lowest BCUT2D eigenvalue weighted by molar-refractivity contribution is -0.118. The molecule has 0 heterocycles. The Hall–Kier alpha value is -1.69. The summed E-state index contributed by atoms with van der Waals surface area (Å²) in [5, 5.41) is 14.5. The minimum Gasteiger partial charge on any atom is -0.409 e. The van der Waals surface area contributed by atoms with Crippen molar-refractivity contribution < 1.29 is 10.0 Å². The molecule has 2 rings (SSSR count). The number of hydrogen-bond acceptors (Lipinski definition) is 4. The van der Waals surface area contributed by atoms with Crippen LogP contribution in [0.3, 0.4) is 0 Å². The summed E-state index contributed by atoms with van der Waals surface area (Å²) >= 11 is 1.47. The van der Waals surface area contributed by atoms with Gasteiger partial charge in [0.25, 0.3) is 0 Å². The van der Waals surface area contributed by atoms with Crippen molar-refractivity contribution in [2.45, 2.75) is 23.8 Å². The van der Waals surface area contributed by atoms with Gasteiger partial charge in [0.05, 0.1) is 11.8 Å². The van der Waals surface area contributed by atoms with Gasteiger partial charge in [-0.2, -0.15) is 0 Å². The molecule has 0 aliphatic heterocycles. The highest BCUT2D eigenvalue weighted by Crippen LogP contribution is 2.32. The van der Waals surface area contributed by atoms with E-state index in [1.165, 1.54) is 11.8 Å². The number of nitrogens with one attached hydrogen (secondary N) is 1. The van der Waals surface area contributed by atoms with E-state index in [-0.39, 0.29) is 17.8 Å². The predicted molar refractivity (Wildman–Crippen MR) is 75.2 cm³/mol. The molecule has 1 saturated carbocycles. The summed E-state index contributed by atoms with van der Waals surface area (Å²) < 4.78 is 0. The number of amidine groups is 1. The van der Waals surface area contributed by atoms with Crippen LogP contribution in [0, 0.1) is 5.92 Å². The molecule has 1 amide bonds. The van der Waals surface area contributed by atoms with Crippen molar-refractivity contribution in [3.05, 3.63) is 30.3 Å². The minimum absolute atomic E-state index is 0.0839. The van der Waals surface area contributed by atoms with Crippen LogP contribution in [0.25, 0.3) is 0 Å². The maximum Gasteiger partial charge on any atom is 0.230 e. The summed E-state index contributed by atoms with van der Waals surface area (Å²) in [5.74, 6) is 0.617. The fraction of sp³-hybridized carbons (Fsp3) is 0.385. The van der Waals surface area contributed by atoms with Crippen LogP contribution in [0.5, 0.6) is 0 Å². The average Bonchev–Trinajstić information content (AvgIpc) is 3.27. The fourth-order valence-corrected chi connectivity index (χ4v) is 2.54.